The van der Waals surface area contributed by atoms with E-state index in [0.29, 0.717) is 32.4 Å². The van der Waals surface area contributed by atoms with Crippen LogP contribution < -0.4 is 0 Å². The van der Waals surface area contributed by atoms with E-state index in [4.69, 9.17) is 0 Å². The van der Waals surface area contributed by atoms with Crippen LogP contribution in [0.15, 0.2) is 72.1 Å². The van der Waals surface area contributed by atoms with Crippen LogP contribution in [0.5, 0.6) is 0 Å². The molecule has 2 aromatic carbocycles. The Morgan fingerprint density at radius 2 is 1.77 bits per heavy atom. The van der Waals surface area contributed by atoms with Crippen molar-refractivity contribution in [1.29, 1.82) is 0 Å². The number of hydrogen-bond donors (Lipinski definition) is 0. The summed E-state index contributed by atoms with van der Waals surface area (Å²) in [5.74, 6) is 0.206. The molecule has 31 heavy (non-hydrogen) atoms. The second-order valence-electron chi connectivity index (χ2n) is 8.54. The van der Waals surface area contributed by atoms with Gasteiger partial charge >= 0.3 is 0 Å². The molecule has 0 aliphatic carbocycles. The molecule has 0 radical (unpaired) electrons. The molecule has 5 heteroatoms. The second kappa shape index (κ2) is 9.06. The van der Waals surface area contributed by atoms with Crippen LogP contribution in [0.4, 0.5) is 0 Å². The van der Waals surface area contributed by atoms with E-state index < -0.39 is 5.41 Å². The molecule has 1 aliphatic rings. The number of amides is 2. The van der Waals surface area contributed by atoms with Gasteiger partial charge in [0.25, 0.3) is 0 Å². The zero-order chi connectivity index (χ0) is 21.8. The maximum absolute atomic E-state index is 13.3. The van der Waals surface area contributed by atoms with Gasteiger partial charge < -0.3 is 9.80 Å². The van der Waals surface area contributed by atoms with Crippen molar-refractivity contribution in [2.24, 2.45) is 5.41 Å². The first-order valence-electron chi connectivity index (χ1n) is 10.6. The van der Waals surface area contributed by atoms with Crippen LogP contribution in [0, 0.1) is 5.41 Å². The van der Waals surface area contributed by atoms with E-state index in [1.165, 1.54) is 0 Å². The molecule has 0 spiro atoms. The zero-order valence-electron chi connectivity index (χ0n) is 18.1. The molecule has 3 aromatic rings. The largest absolute Gasteiger partial charge is 0.348 e. The highest BCUT2D eigenvalue weighted by Gasteiger charge is 2.46. The van der Waals surface area contributed by atoms with Crippen molar-refractivity contribution in [2.75, 3.05) is 27.2 Å². The molecule has 2 amide bonds. The normalized spacial score (nSPS) is 18.2. The summed E-state index contributed by atoms with van der Waals surface area (Å²) in [6.45, 7) is 1.10. The summed E-state index contributed by atoms with van der Waals surface area (Å²) < 4.78 is 0. The van der Waals surface area contributed by atoms with Crippen molar-refractivity contribution in [3.05, 3.63) is 82.6 Å². The van der Waals surface area contributed by atoms with E-state index in [2.05, 4.69) is 36.4 Å². The van der Waals surface area contributed by atoms with Gasteiger partial charge in [0.2, 0.25) is 11.8 Å². The predicted octanol–water partition coefficient (Wildman–Crippen LogP) is 4.51. The van der Waals surface area contributed by atoms with Gasteiger partial charge in [-0.25, -0.2) is 0 Å². The van der Waals surface area contributed by atoms with Gasteiger partial charge in [0.05, 0.1) is 11.8 Å². The van der Waals surface area contributed by atoms with Crippen molar-refractivity contribution >= 4 is 23.2 Å². The highest BCUT2D eigenvalue weighted by Crippen LogP contribution is 2.37. The fraction of sp³-hybridized carbons (Fsp3) is 0.308. The van der Waals surface area contributed by atoms with Crippen molar-refractivity contribution < 1.29 is 9.59 Å². The lowest BCUT2D eigenvalue weighted by Crippen LogP contribution is -2.44. The number of benzene rings is 2. The summed E-state index contributed by atoms with van der Waals surface area (Å²) in [7, 11) is 3.61. The van der Waals surface area contributed by atoms with Crippen LogP contribution in [0.25, 0.3) is 11.1 Å². The maximum Gasteiger partial charge on any atom is 0.230 e. The number of nitrogens with zero attached hydrogens (tertiary/aromatic N) is 2. The lowest BCUT2D eigenvalue weighted by atomic mass is 9.79. The molecular formula is C26H28N2O2S. The molecule has 1 saturated heterocycles. The van der Waals surface area contributed by atoms with Crippen LogP contribution >= 0.6 is 11.3 Å². The molecule has 0 N–H and O–H groups in total. The SMILES string of the molecule is CN(C)C(=O)[C@]1(Cc2cccc(-c3ccccc3)c2)CCN(C(=O)Cc2cccs2)C1. The quantitative estimate of drug-likeness (QED) is 0.575. The first-order valence-corrected chi connectivity index (χ1v) is 11.5. The first-order chi connectivity index (χ1) is 15.0. The average Bonchev–Trinajstić information content (AvgIpc) is 3.45. The van der Waals surface area contributed by atoms with E-state index in [1.54, 1.807) is 30.3 Å². The van der Waals surface area contributed by atoms with E-state index >= 15 is 0 Å². The fourth-order valence-electron chi connectivity index (χ4n) is 4.51. The van der Waals surface area contributed by atoms with Crippen LogP contribution in [0.2, 0.25) is 0 Å². The molecule has 160 valence electrons. The van der Waals surface area contributed by atoms with Gasteiger partial charge in [-0.15, -0.1) is 11.3 Å². The average molecular weight is 433 g/mol. The van der Waals surface area contributed by atoms with Gasteiger partial charge in [0.1, 0.15) is 0 Å². The summed E-state index contributed by atoms with van der Waals surface area (Å²) in [5, 5.41) is 1.99. The summed E-state index contributed by atoms with van der Waals surface area (Å²) in [6.07, 6.45) is 1.73. The minimum Gasteiger partial charge on any atom is -0.348 e. The number of likely N-dealkylation sites (tertiary alicyclic amines) is 1. The van der Waals surface area contributed by atoms with Gasteiger partial charge in [-0.1, -0.05) is 60.7 Å². The smallest absolute Gasteiger partial charge is 0.230 e. The number of rotatable bonds is 6. The highest BCUT2D eigenvalue weighted by atomic mass is 32.1. The molecule has 4 rings (SSSR count). The Kier molecular flexibility index (Phi) is 6.23. The van der Waals surface area contributed by atoms with Gasteiger partial charge in [0, 0.05) is 32.1 Å². The van der Waals surface area contributed by atoms with Gasteiger partial charge in [-0.05, 0) is 41.0 Å². The fourth-order valence-corrected chi connectivity index (χ4v) is 5.21. The van der Waals surface area contributed by atoms with E-state index in [1.807, 2.05) is 40.6 Å². The molecule has 1 aliphatic heterocycles. The summed E-state index contributed by atoms with van der Waals surface area (Å²) in [4.78, 5) is 30.8. The van der Waals surface area contributed by atoms with Crippen molar-refractivity contribution in [1.82, 2.24) is 9.80 Å². The Hall–Kier alpha value is -2.92. The minimum atomic E-state index is -0.579. The van der Waals surface area contributed by atoms with Crippen molar-refractivity contribution in [3.8, 4) is 11.1 Å². The first kappa shape index (κ1) is 21.3. The summed E-state index contributed by atoms with van der Waals surface area (Å²) in [6, 6.07) is 22.7. The number of carbonyl (C=O) groups excluding carboxylic acids is 2. The molecule has 1 aromatic heterocycles. The Bertz CT molecular complexity index is 1050. The Morgan fingerprint density at radius 3 is 2.48 bits per heavy atom. The van der Waals surface area contributed by atoms with E-state index in [-0.39, 0.29) is 11.8 Å². The van der Waals surface area contributed by atoms with Crippen molar-refractivity contribution in [3.63, 3.8) is 0 Å². The molecular weight excluding hydrogens is 404 g/mol. The van der Waals surface area contributed by atoms with Crippen LogP contribution in [-0.2, 0) is 22.4 Å². The van der Waals surface area contributed by atoms with Gasteiger partial charge in [-0.2, -0.15) is 0 Å². The van der Waals surface area contributed by atoms with Crippen LogP contribution in [0.1, 0.15) is 16.9 Å². The number of thiophene rings is 1. The molecule has 0 bridgehead atoms. The molecule has 1 fully saturated rings. The molecule has 0 saturated carbocycles. The Balaban J connectivity index is 1.56. The lowest BCUT2D eigenvalue weighted by molar-refractivity contribution is -0.139. The number of hydrogen-bond acceptors (Lipinski definition) is 3. The van der Waals surface area contributed by atoms with Crippen LogP contribution in [-0.4, -0.2) is 48.8 Å². The Morgan fingerprint density at radius 1 is 1.00 bits per heavy atom. The molecule has 0 unspecified atom stereocenters. The standard InChI is InChI=1S/C26H28N2O2S/c1-27(2)25(30)26(13-14-28(19-26)24(29)17-23-12-7-15-31-23)18-20-8-6-11-22(16-20)21-9-4-3-5-10-21/h3-12,15-16H,13-14,17-19H2,1-2H3/t26-/m0/s1. The van der Waals surface area contributed by atoms with Gasteiger partial charge in [-0.3, -0.25) is 9.59 Å². The topological polar surface area (TPSA) is 40.6 Å². The third-order valence-corrected chi connectivity index (χ3v) is 6.92. The lowest BCUT2D eigenvalue weighted by Gasteiger charge is -2.31. The zero-order valence-corrected chi connectivity index (χ0v) is 18.9. The minimum absolute atomic E-state index is 0.101. The van der Waals surface area contributed by atoms with Gasteiger partial charge in [0.15, 0.2) is 0 Å². The summed E-state index contributed by atoms with van der Waals surface area (Å²) >= 11 is 1.60. The van der Waals surface area contributed by atoms with E-state index in [0.717, 1.165) is 21.6 Å². The third kappa shape index (κ3) is 4.72. The third-order valence-electron chi connectivity index (χ3n) is 6.05. The van der Waals surface area contributed by atoms with E-state index in [9.17, 15) is 9.59 Å². The monoisotopic (exact) mass is 432 g/mol. The molecule has 4 nitrogen and oxygen atoms in total. The number of carbonyl (C=O) groups is 2. The van der Waals surface area contributed by atoms with Crippen molar-refractivity contribution in [2.45, 2.75) is 19.3 Å². The molecule has 1 atom stereocenters. The maximum atomic E-state index is 13.3. The molecule has 2 heterocycles. The Labute approximate surface area is 188 Å². The van der Waals surface area contributed by atoms with Crippen LogP contribution in [0.3, 0.4) is 0 Å². The summed E-state index contributed by atoms with van der Waals surface area (Å²) in [5.41, 5.74) is 2.86. The second-order valence-corrected chi connectivity index (χ2v) is 9.58. The predicted molar refractivity (Wildman–Crippen MR) is 126 cm³/mol. The highest BCUT2D eigenvalue weighted by molar-refractivity contribution is 7.10.